The zero-order valence-corrected chi connectivity index (χ0v) is 16.4. The molecule has 0 saturated carbocycles. The molecular weight excluding hydrogens is 384 g/mol. The van der Waals surface area contributed by atoms with Crippen molar-refractivity contribution in [2.24, 2.45) is 16.0 Å². The van der Waals surface area contributed by atoms with Crippen molar-refractivity contribution >= 4 is 23.2 Å². The molecule has 2 rings (SSSR count). The summed E-state index contributed by atoms with van der Waals surface area (Å²) >= 11 is 0. The summed E-state index contributed by atoms with van der Waals surface area (Å²) in [6.07, 6.45) is 3.32. The van der Waals surface area contributed by atoms with Gasteiger partial charge in [-0.1, -0.05) is 47.3 Å². The van der Waals surface area contributed by atoms with Crippen molar-refractivity contribution < 1.29 is 9.59 Å². The third kappa shape index (κ3) is 6.35. The van der Waals surface area contributed by atoms with Crippen LogP contribution in [0.4, 0.5) is 11.4 Å². The maximum absolute atomic E-state index is 13.0. The Kier molecular flexibility index (Phi) is 8.89. The number of benzene rings is 2. The average molecular weight is 406 g/mol. The summed E-state index contributed by atoms with van der Waals surface area (Å²) in [6, 6.07) is 12.2. The van der Waals surface area contributed by atoms with Gasteiger partial charge in [-0.15, -0.1) is 0 Å². The lowest BCUT2D eigenvalue weighted by atomic mass is 10.1. The van der Waals surface area contributed by atoms with Gasteiger partial charge < -0.3 is 5.73 Å². The van der Waals surface area contributed by atoms with E-state index in [1.54, 1.807) is 0 Å². The van der Waals surface area contributed by atoms with Gasteiger partial charge in [-0.05, 0) is 54.7 Å². The van der Waals surface area contributed by atoms with Crippen molar-refractivity contribution in [3.63, 3.8) is 0 Å². The number of amides is 2. The van der Waals surface area contributed by atoms with Crippen LogP contribution in [0.3, 0.4) is 0 Å². The molecule has 154 valence electrons. The number of carbonyl (C=O) groups excluding carboxylic acids is 2. The molecule has 2 aromatic rings. The van der Waals surface area contributed by atoms with Crippen LogP contribution in [0.5, 0.6) is 0 Å². The predicted molar refractivity (Wildman–Crippen MR) is 113 cm³/mol. The van der Waals surface area contributed by atoms with Gasteiger partial charge in [-0.25, -0.2) is 0 Å². The molecule has 0 atom stereocenters. The first-order chi connectivity index (χ1) is 14.6. The van der Waals surface area contributed by atoms with Gasteiger partial charge in [0.25, 0.3) is 11.8 Å². The smallest absolute Gasteiger partial charge is 0.260 e. The number of hydrogen-bond donors (Lipinski definition) is 1. The van der Waals surface area contributed by atoms with Crippen LogP contribution in [0.2, 0.25) is 0 Å². The van der Waals surface area contributed by atoms with Crippen LogP contribution in [-0.2, 0) is 0 Å². The van der Waals surface area contributed by atoms with Crippen LogP contribution in [0, 0.1) is 0 Å². The van der Waals surface area contributed by atoms with Crippen LogP contribution in [0.1, 0.15) is 46.4 Å². The van der Waals surface area contributed by atoms with Crippen molar-refractivity contribution in [3.05, 3.63) is 80.5 Å². The fourth-order valence-corrected chi connectivity index (χ4v) is 2.82. The third-order valence-electron chi connectivity index (χ3n) is 4.38. The van der Waals surface area contributed by atoms with Crippen LogP contribution in [0.25, 0.3) is 20.9 Å². The Morgan fingerprint density at radius 2 is 1.20 bits per heavy atom. The lowest BCUT2D eigenvalue weighted by molar-refractivity contribution is 0.0613. The molecule has 10 nitrogen and oxygen atoms in total. The molecule has 30 heavy (non-hydrogen) atoms. The largest absolute Gasteiger partial charge is 0.330 e. The number of carbonyl (C=O) groups is 2. The van der Waals surface area contributed by atoms with Gasteiger partial charge in [-0.3, -0.25) is 14.5 Å². The number of unbranched alkanes of at least 4 members (excludes halogenated alkanes) is 3. The highest BCUT2D eigenvalue weighted by Gasteiger charge is 2.23. The molecule has 0 aliphatic carbocycles. The quantitative estimate of drug-likeness (QED) is 0.185. The standard InChI is InChI=1S/C20H22N8O2/c21-13-3-1-2-4-14-28(19(29)15-5-9-17(10-6-15)24-26-22)20(30)16-7-11-18(12-8-16)25-27-23/h5-12H,1-4,13-14,21H2. The highest BCUT2D eigenvalue weighted by molar-refractivity contribution is 6.10. The van der Waals surface area contributed by atoms with E-state index < -0.39 is 11.8 Å². The molecule has 2 amide bonds. The summed E-state index contributed by atoms with van der Waals surface area (Å²) in [5.74, 6) is -0.879. The molecule has 0 aromatic heterocycles. The van der Waals surface area contributed by atoms with Crippen molar-refractivity contribution in [1.82, 2.24) is 4.90 Å². The summed E-state index contributed by atoms with van der Waals surface area (Å²) in [7, 11) is 0. The van der Waals surface area contributed by atoms with E-state index in [0.717, 1.165) is 19.3 Å². The second kappa shape index (κ2) is 11.9. The Labute approximate surface area is 173 Å². The molecule has 2 N–H and O–H groups in total. The average Bonchev–Trinajstić information content (AvgIpc) is 2.77. The number of azide groups is 2. The molecule has 0 fully saturated rings. The first-order valence-corrected chi connectivity index (χ1v) is 9.47. The Morgan fingerprint density at radius 3 is 1.60 bits per heavy atom. The SMILES string of the molecule is [N-]=[N+]=Nc1ccc(C(=O)N(CCCCCCN)C(=O)c2ccc(N=[N+]=[N-])cc2)cc1. The van der Waals surface area contributed by atoms with E-state index in [1.165, 1.54) is 53.4 Å². The van der Waals surface area contributed by atoms with E-state index in [0.29, 0.717) is 35.5 Å². The van der Waals surface area contributed by atoms with Gasteiger partial charge in [-0.2, -0.15) is 0 Å². The maximum Gasteiger partial charge on any atom is 0.260 e. The predicted octanol–water partition coefficient (Wildman–Crippen LogP) is 5.37. The molecule has 0 spiro atoms. The summed E-state index contributed by atoms with van der Waals surface area (Å²) < 4.78 is 0. The highest BCUT2D eigenvalue weighted by atomic mass is 16.2. The van der Waals surface area contributed by atoms with Crippen molar-refractivity contribution in [2.45, 2.75) is 25.7 Å². The second-order valence-corrected chi connectivity index (χ2v) is 6.44. The van der Waals surface area contributed by atoms with Crippen molar-refractivity contribution in [2.75, 3.05) is 13.1 Å². The minimum Gasteiger partial charge on any atom is -0.330 e. The number of nitrogens with zero attached hydrogens (tertiary/aromatic N) is 7. The lowest BCUT2D eigenvalue weighted by Gasteiger charge is -2.21. The zero-order valence-electron chi connectivity index (χ0n) is 16.4. The Morgan fingerprint density at radius 1 is 0.767 bits per heavy atom. The molecular formula is C20H22N8O2. The zero-order chi connectivity index (χ0) is 21.8. The van der Waals surface area contributed by atoms with Crippen LogP contribution in [-0.4, -0.2) is 29.8 Å². The van der Waals surface area contributed by atoms with Crippen LogP contribution >= 0.6 is 0 Å². The molecule has 0 unspecified atom stereocenters. The monoisotopic (exact) mass is 406 g/mol. The molecule has 2 aromatic carbocycles. The van der Waals surface area contributed by atoms with Gasteiger partial charge in [0.1, 0.15) is 0 Å². The number of nitrogens with two attached hydrogens (primary N) is 1. The van der Waals surface area contributed by atoms with Crippen LogP contribution < -0.4 is 5.73 Å². The van der Waals surface area contributed by atoms with E-state index in [4.69, 9.17) is 16.8 Å². The van der Waals surface area contributed by atoms with E-state index in [1.807, 2.05) is 0 Å². The van der Waals surface area contributed by atoms with E-state index in [2.05, 4.69) is 20.1 Å². The van der Waals surface area contributed by atoms with Gasteiger partial charge in [0.15, 0.2) is 0 Å². The molecule has 0 bridgehead atoms. The fraction of sp³-hybridized carbons (Fsp3) is 0.300. The first kappa shape index (κ1) is 22.4. The Hall–Kier alpha value is -3.84. The number of hydrogen-bond acceptors (Lipinski definition) is 5. The lowest BCUT2D eigenvalue weighted by Crippen LogP contribution is -2.37. The molecule has 10 heteroatoms. The third-order valence-corrected chi connectivity index (χ3v) is 4.38. The maximum atomic E-state index is 13.0. The van der Waals surface area contributed by atoms with E-state index in [-0.39, 0.29) is 6.54 Å². The van der Waals surface area contributed by atoms with Gasteiger partial charge in [0.05, 0.1) is 0 Å². The molecule has 0 aliphatic rings. The minimum atomic E-state index is -0.439. The van der Waals surface area contributed by atoms with Gasteiger partial charge >= 0.3 is 0 Å². The molecule has 0 aliphatic heterocycles. The number of rotatable bonds is 10. The van der Waals surface area contributed by atoms with Crippen molar-refractivity contribution in [3.8, 4) is 0 Å². The molecule has 0 radical (unpaired) electrons. The fourth-order valence-electron chi connectivity index (χ4n) is 2.82. The van der Waals surface area contributed by atoms with E-state index in [9.17, 15) is 9.59 Å². The second-order valence-electron chi connectivity index (χ2n) is 6.44. The minimum absolute atomic E-state index is 0.262. The van der Waals surface area contributed by atoms with Crippen molar-refractivity contribution in [1.29, 1.82) is 0 Å². The van der Waals surface area contributed by atoms with Gasteiger partial charge in [0, 0.05) is 38.9 Å². The Bertz CT molecular complexity index is 886. The first-order valence-electron chi connectivity index (χ1n) is 9.47. The topological polar surface area (TPSA) is 161 Å². The Balaban J connectivity index is 2.23. The summed E-state index contributed by atoms with van der Waals surface area (Å²) in [5.41, 5.74) is 23.9. The molecule has 0 saturated heterocycles. The van der Waals surface area contributed by atoms with Crippen LogP contribution in [0.15, 0.2) is 58.8 Å². The summed E-state index contributed by atoms with van der Waals surface area (Å²) in [4.78, 5) is 32.7. The molecule has 0 heterocycles. The highest BCUT2D eigenvalue weighted by Crippen LogP contribution is 2.19. The van der Waals surface area contributed by atoms with E-state index >= 15 is 0 Å². The van der Waals surface area contributed by atoms with Gasteiger partial charge in [0.2, 0.25) is 0 Å². The summed E-state index contributed by atoms with van der Waals surface area (Å²) in [6.45, 7) is 0.870. The number of imide groups is 1. The normalized spacial score (nSPS) is 9.90. The summed E-state index contributed by atoms with van der Waals surface area (Å²) in [5, 5.41) is 6.96.